The number of aliphatic hydroxyl groups is 1. The molecule has 7 nitrogen and oxygen atoms in total. The van der Waals surface area contributed by atoms with E-state index >= 15 is 0 Å². The Hall–Kier alpha value is -4.17. The molecule has 214 valence electrons. The third-order valence-electron chi connectivity index (χ3n) is 6.87. The summed E-state index contributed by atoms with van der Waals surface area (Å²) in [6.45, 7) is 3.08. The van der Waals surface area contributed by atoms with Crippen LogP contribution in [0.15, 0.2) is 83.3 Å². The molecule has 0 radical (unpaired) electrons. The highest BCUT2D eigenvalue weighted by Crippen LogP contribution is 2.39. The third kappa shape index (κ3) is 6.04. The molecule has 0 saturated carbocycles. The summed E-state index contributed by atoms with van der Waals surface area (Å²) in [4.78, 5) is 30.7. The molecule has 3 N–H and O–H groups in total. The number of Topliss-reactive ketones (excluding diaryl/α,β-unsaturated/α-hetero) is 1. The van der Waals surface area contributed by atoms with Crippen molar-refractivity contribution in [3.8, 4) is 28.1 Å². The number of halogens is 2. The van der Waals surface area contributed by atoms with E-state index < -0.39 is 17.3 Å². The van der Waals surface area contributed by atoms with Crippen LogP contribution in [0.3, 0.4) is 0 Å². The Kier molecular flexibility index (Phi) is 8.36. The van der Waals surface area contributed by atoms with Crippen LogP contribution in [0, 0.1) is 0 Å². The maximum Gasteiger partial charge on any atom is 0.255 e. The highest BCUT2D eigenvalue weighted by molar-refractivity contribution is 6.33. The van der Waals surface area contributed by atoms with Gasteiger partial charge in [-0.25, -0.2) is 4.98 Å². The summed E-state index contributed by atoms with van der Waals surface area (Å²) >= 11 is 12.7. The summed E-state index contributed by atoms with van der Waals surface area (Å²) in [5.41, 5.74) is 2.12. The molecule has 0 bridgehead atoms. The van der Waals surface area contributed by atoms with Crippen molar-refractivity contribution >= 4 is 46.0 Å². The van der Waals surface area contributed by atoms with Crippen LogP contribution in [0.5, 0.6) is 5.75 Å². The molecule has 0 saturated heterocycles. The van der Waals surface area contributed by atoms with Gasteiger partial charge < -0.3 is 19.9 Å². The molecule has 0 aliphatic rings. The standard InChI is InChI=1S/C33H28Cl2N2O5/c1-33(2,41)30(39)29-21(10-7-17-36-31(40)23-9-4-6-12-27(23)38)25-18-24(19-13-15-20(34)16-14-19)28(37-32(25)42-29)22-8-3-5-11-26(22)35/h3-6,8-9,11-16,18,38,41H,7,10,17H2,1-2H3,(H,36,40). The van der Waals surface area contributed by atoms with Crippen LogP contribution in [0.1, 0.15) is 46.7 Å². The smallest absolute Gasteiger partial charge is 0.255 e. The van der Waals surface area contributed by atoms with Crippen LogP contribution in [-0.4, -0.2) is 39.0 Å². The highest BCUT2D eigenvalue weighted by atomic mass is 35.5. The number of aromatic nitrogens is 1. The molecule has 0 aliphatic carbocycles. The summed E-state index contributed by atoms with van der Waals surface area (Å²) < 4.78 is 6.06. The van der Waals surface area contributed by atoms with Gasteiger partial charge in [-0.15, -0.1) is 0 Å². The Labute approximate surface area is 252 Å². The second-order valence-electron chi connectivity index (χ2n) is 10.4. The number of nitrogens with one attached hydrogen (secondary N) is 1. The minimum Gasteiger partial charge on any atom is -0.507 e. The number of pyridine rings is 1. The van der Waals surface area contributed by atoms with Crippen LogP contribution >= 0.6 is 23.2 Å². The predicted molar refractivity (Wildman–Crippen MR) is 164 cm³/mol. The summed E-state index contributed by atoms with van der Waals surface area (Å²) in [7, 11) is 0. The quantitative estimate of drug-likeness (QED) is 0.119. The number of hydrogen-bond acceptors (Lipinski definition) is 6. The van der Waals surface area contributed by atoms with Crippen LogP contribution in [0.2, 0.25) is 10.0 Å². The van der Waals surface area contributed by atoms with Gasteiger partial charge in [-0.3, -0.25) is 9.59 Å². The van der Waals surface area contributed by atoms with Crippen molar-refractivity contribution in [2.75, 3.05) is 6.54 Å². The molecule has 0 aliphatic heterocycles. The van der Waals surface area contributed by atoms with Gasteiger partial charge in [0.2, 0.25) is 11.5 Å². The van der Waals surface area contributed by atoms with Gasteiger partial charge in [0, 0.05) is 38.7 Å². The first-order valence-corrected chi connectivity index (χ1v) is 14.1. The number of hydrogen-bond donors (Lipinski definition) is 3. The van der Waals surface area contributed by atoms with Crippen LogP contribution in [0.25, 0.3) is 33.5 Å². The number of carbonyl (C=O) groups excluding carboxylic acids is 2. The first-order chi connectivity index (χ1) is 20.0. The zero-order valence-corrected chi connectivity index (χ0v) is 24.5. The van der Waals surface area contributed by atoms with E-state index in [1.54, 1.807) is 30.3 Å². The van der Waals surface area contributed by atoms with Crippen LogP contribution in [-0.2, 0) is 6.42 Å². The molecule has 5 rings (SSSR count). The second kappa shape index (κ2) is 12.0. The number of para-hydroxylation sites is 1. The predicted octanol–water partition coefficient (Wildman–Crippen LogP) is 7.49. The number of aryl methyl sites for hydroxylation is 1. The average molecular weight is 604 g/mol. The highest BCUT2D eigenvalue weighted by Gasteiger charge is 2.32. The minimum absolute atomic E-state index is 0.00963. The fourth-order valence-electron chi connectivity index (χ4n) is 4.72. The van der Waals surface area contributed by atoms with E-state index in [0.29, 0.717) is 45.1 Å². The van der Waals surface area contributed by atoms with Gasteiger partial charge in [0.05, 0.1) is 11.3 Å². The van der Waals surface area contributed by atoms with Crippen molar-refractivity contribution in [2.45, 2.75) is 32.3 Å². The Balaban J connectivity index is 1.57. The molecule has 0 unspecified atom stereocenters. The summed E-state index contributed by atoms with van der Waals surface area (Å²) in [6, 6.07) is 22.8. The molecule has 1 amide bonds. The molecule has 0 spiro atoms. The van der Waals surface area contributed by atoms with E-state index in [1.807, 2.05) is 36.4 Å². The van der Waals surface area contributed by atoms with Crippen molar-refractivity contribution in [3.05, 3.63) is 106 Å². The number of carbonyl (C=O) groups is 2. The zero-order chi connectivity index (χ0) is 30.0. The van der Waals surface area contributed by atoms with E-state index in [4.69, 9.17) is 32.6 Å². The van der Waals surface area contributed by atoms with E-state index in [9.17, 15) is 19.8 Å². The van der Waals surface area contributed by atoms with Crippen molar-refractivity contribution in [2.24, 2.45) is 0 Å². The number of phenolic OH excluding ortho intramolecular Hbond substituents is 1. The average Bonchev–Trinajstić information content (AvgIpc) is 3.31. The largest absolute Gasteiger partial charge is 0.507 e. The van der Waals surface area contributed by atoms with Gasteiger partial charge in [0.1, 0.15) is 11.4 Å². The Morgan fingerprint density at radius 1 is 0.952 bits per heavy atom. The molecule has 9 heteroatoms. The van der Waals surface area contributed by atoms with Gasteiger partial charge >= 0.3 is 0 Å². The van der Waals surface area contributed by atoms with Gasteiger partial charge in [-0.2, -0.15) is 0 Å². The summed E-state index contributed by atoms with van der Waals surface area (Å²) in [5.74, 6) is -1.09. The van der Waals surface area contributed by atoms with E-state index in [-0.39, 0.29) is 29.3 Å². The number of fused-ring (bicyclic) bond motifs is 1. The first kappa shape index (κ1) is 29.3. The molecule has 2 aromatic heterocycles. The Morgan fingerprint density at radius 3 is 2.33 bits per heavy atom. The molecule has 0 atom stereocenters. The minimum atomic E-state index is -1.69. The van der Waals surface area contributed by atoms with E-state index in [1.165, 1.54) is 26.0 Å². The number of rotatable bonds is 9. The lowest BCUT2D eigenvalue weighted by molar-refractivity contribution is 0.0459. The Bertz CT molecular complexity index is 1790. The molecular formula is C33H28Cl2N2O5. The summed E-state index contributed by atoms with van der Waals surface area (Å²) in [6.07, 6.45) is 0.793. The number of benzene rings is 3. The van der Waals surface area contributed by atoms with Crippen molar-refractivity contribution < 1.29 is 24.2 Å². The van der Waals surface area contributed by atoms with E-state index in [0.717, 1.165) is 11.1 Å². The zero-order valence-electron chi connectivity index (χ0n) is 22.9. The van der Waals surface area contributed by atoms with Crippen molar-refractivity contribution in [1.29, 1.82) is 0 Å². The maximum absolute atomic E-state index is 13.3. The van der Waals surface area contributed by atoms with Crippen molar-refractivity contribution in [1.82, 2.24) is 10.3 Å². The molecular weight excluding hydrogens is 575 g/mol. The Morgan fingerprint density at radius 2 is 1.64 bits per heavy atom. The SMILES string of the molecule is CC(C)(O)C(=O)c1oc2nc(-c3ccccc3Cl)c(-c3ccc(Cl)cc3)cc2c1CCCNC(=O)c1ccccc1O. The van der Waals surface area contributed by atoms with Crippen LogP contribution in [0.4, 0.5) is 0 Å². The second-order valence-corrected chi connectivity index (χ2v) is 11.2. The topological polar surface area (TPSA) is 113 Å². The molecule has 5 aromatic rings. The maximum atomic E-state index is 13.3. The lowest BCUT2D eigenvalue weighted by Crippen LogP contribution is -2.31. The van der Waals surface area contributed by atoms with Gasteiger partial charge in [0.15, 0.2) is 5.76 Å². The number of furan rings is 1. The molecule has 42 heavy (non-hydrogen) atoms. The number of amides is 1. The van der Waals surface area contributed by atoms with Crippen LogP contribution < -0.4 is 5.32 Å². The molecule has 0 fully saturated rings. The lowest BCUT2D eigenvalue weighted by Gasteiger charge is -2.14. The first-order valence-electron chi connectivity index (χ1n) is 13.3. The molecule has 2 heterocycles. The number of phenols is 1. The van der Waals surface area contributed by atoms with Crippen molar-refractivity contribution in [3.63, 3.8) is 0 Å². The fourth-order valence-corrected chi connectivity index (χ4v) is 5.07. The number of nitrogens with zero attached hydrogens (tertiary/aromatic N) is 1. The number of aromatic hydroxyl groups is 1. The third-order valence-corrected chi connectivity index (χ3v) is 7.45. The summed E-state index contributed by atoms with van der Waals surface area (Å²) in [5, 5.41) is 25.0. The van der Waals surface area contributed by atoms with E-state index in [2.05, 4.69) is 5.32 Å². The van der Waals surface area contributed by atoms with Gasteiger partial charge in [-0.1, -0.05) is 65.7 Å². The van der Waals surface area contributed by atoms with Gasteiger partial charge in [-0.05, 0) is 68.7 Å². The number of ketones is 1. The lowest BCUT2D eigenvalue weighted by atomic mass is 9.94. The van der Waals surface area contributed by atoms with Gasteiger partial charge in [0.25, 0.3) is 5.91 Å². The monoisotopic (exact) mass is 602 g/mol. The fraction of sp³-hybridized carbons (Fsp3) is 0.182. The molecule has 3 aromatic carbocycles. The normalized spacial score (nSPS) is 11.5.